The van der Waals surface area contributed by atoms with Crippen molar-refractivity contribution in [3.05, 3.63) is 82.7 Å². The molecule has 41 heavy (non-hydrogen) atoms. The number of ether oxygens (including phenoxy) is 1. The zero-order valence-corrected chi connectivity index (χ0v) is 25.4. The van der Waals surface area contributed by atoms with Crippen molar-refractivity contribution in [2.45, 2.75) is 135 Å². The van der Waals surface area contributed by atoms with E-state index in [-0.39, 0.29) is 5.56 Å². The number of hydrogen-bond donors (Lipinski definition) is 0. The molecule has 0 saturated heterocycles. The van der Waals surface area contributed by atoms with Gasteiger partial charge in [0.05, 0.1) is 13.0 Å². The number of allylic oxidation sites excluding steroid dienone is 2. The van der Waals surface area contributed by atoms with Crippen LogP contribution < -0.4 is 0 Å². The van der Waals surface area contributed by atoms with Crippen molar-refractivity contribution in [1.29, 1.82) is 0 Å². The van der Waals surface area contributed by atoms with Gasteiger partial charge in [0.25, 0.3) is 0 Å². The van der Waals surface area contributed by atoms with E-state index in [1.165, 1.54) is 75.8 Å². The second-order valence-electron chi connectivity index (χ2n) is 12.8. The molecular formula is C37H51F3O. The smallest absolute Gasteiger partial charge is 0.315 e. The van der Waals surface area contributed by atoms with Crippen LogP contribution in [0.25, 0.3) is 0 Å². The Labute approximate surface area is 247 Å². The number of alkyl halides is 2. The Morgan fingerprint density at radius 3 is 2.10 bits per heavy atom. The summed E-state index contributed by atoms with van der Waals surface area (Å²) >= 11 is 0. The molecule has 2 aliphatic carbocycles. The summed E-state index contributed by atoms with van der Waals surface area (Å²) in [6, 6.07) is 12.7. The van der Waals surface area contributed by atoms with E-state index in [4.69, 9.17) is 4.74 Å². The van der Waals surface area contributed by atoms with Gasteiger partial charge in [-0.25, -0.2) is 4.39 Å². The van der Waals surface area contributed by atoms with Crippen LogP contribution in [0.5, 0.6) is 0 Å². The summed E-state index contributed by atoms with van der Waals surface area (Å²) in [7, 11) is 0. The number of benzene rings is 2. The molecule has 0 aliphatic heterocycles. The van der Waals surface area contributed by atoms with Crippen molar-refractivity contribution in [3.63, 3.8) is 0 Å². The van der Waals surface area contributed by atoms with Crippen molar-refractivity contribution < 1.29 is 17.9 Å². The van der Waals surface area contributed by atoms with E-state index < -0.39 is 25.0 Å². The maximum atomic E-state index is 14.8. The largest absolute Gasteiger partial charge is 0.360 e. The molecule has 2 saturated carbocycles. The van der Waals surface area contributed by atoms with Gasteiger partial charge in [-0.05, 0) is 105 Å². The van der Waals surface area contributed by atoms with Crippen molar-refractivity contribution >= 4 is 0 Å². The van der Waals surface area contributed by atoms with Crippen LogP contribution in [0.4, 0.5) is 13.2 Å². The fourth-order valence-corrected chi connectivity index (χ4v) is 7.05. The summed E-state index contributed by atoms with van der Waals surface area (Å²) in [5.41, 5.74) is 2.96. The normalized spacial score (nSPS) is 23.7. The maximum Gasteiger partial charge on any atom is 0.360 e. The molecule has 0 unspecified atom stereocenters. The number of rotatable bonds is 14. The van der Waals surface area contributed by atoms with Gasteiger partial charge < -0.3 is 4.74 Å². The Morgan fingerprint density at radius 1 is 0.805 bits per heavy atom. The highest BCUT2D eigenvalue weighted by Gasteiger charge is 2.31. The van der Waals surface area contributed by atoms with Crippen LogP contribution in [0, 0.1) is 17.7 Å². The minimum absolute atomic E-state index is 0.183. The first-order chi connectivity index (χ1) is 19.9. The van der Waals surface area contributed by atoms with Gasteiger partial charge in [-0.3, -0.25) is 0 Å². The molecular weight excluding hydrogens is 517 g/mol. The molecule has 0 radical (unpaired) electrons. The number of hydrogen-bond acceptors (Lipinski definition) is 1. The van der Waals surface area contributed by atoms with E-state index >= 15 is 0 Å². The minimum Gasteiger partial charge on any atom is -0.315 e. The quantitative estimate of drug-likeness (QED) is 0.163. The van der Waals surface area contributed by atoms with E-state index in [2.05, 4.69) is 19.1 Å². The van der Waals surface area contributed by atoms with Crippen molar-refractivity contribution in [1.82, 2.24) is 0 Å². The lowest BCUT2D eigenvalue weighted by atomic mass is 9.77. The zero-order valence-electron chi connectivity index (χ0n) is 25.4. The predicted molar refractivity (Wildman–Crippen MR) is 164 cm³/mol. The third-order valence-electron chi connectivity index (χ3n) is 9.65. The molecule has 2 aliphatic rings. The summed E-state index contributed by atoms with van der Waals surface area (Å²) in [4.78, 5) is 0. The van der Waals surface area contributed by atoms with E-state index in [0.717, 1.165) is 37.2 Å². The molecule has 0 heterocycles. The zero-order chi connectivity index (χ0) is 29.1. The van der Waals surface area contributed by atoms with Crippen molar-refractivity contribution in [3.8, 4) is 0 Å². The lowest BCUT2D eigenvalue weighted by Gasteiger charge is -2.29. The third-order valence-corrected chi connectivity index (χ3v) is 9.65. The molecule has 0 spiro atoms. The predicted octanol–water partition coefficient (Wildman–Crippen LogP) is 11.7. The van der Waals surface area contributed by atoms with Gasteiger partial charge in [0.15, 0.2) is 0 Å². The summed E-state index contributed by atoms with van der Waals surface area (Å²) in [5, 5.41) is 0. The summed E-state index contributed by atoms with van der Waals surface area (Å²) in [6.07, 6.45) is 17.8. The Bertz CT molecular complexity index is 1060. The average Bonchev–Trinajstić information content (AvgIpc) is 2.98. The van der Waals surface area contributed by atoms with Crippen LogP contribution in [-0.2, 0) is 17.8 Å². The second kappa shape index (κ2) is 16.0. The number of unbranched alkanes of at least 4 members (excludes halogenated alkanes) is 4. The van der Waals surface area contributed by atoms with Crippen LogP contribution in [-0.4, -0.2) is 6.11 Å². The molecule has 2 aromatic rings. The number of halogens is 3. The molecule has 1 nitrogen and oxygen atoms in total. The van der Waals surface area contributed by atoms with Crippen LogP contribution in [0.3, 0.4) is 0 Å². The summed E-state index contributed by atoms with van der Waals surface area (Å²) < 4.78 is 49.2. The van der Waals surface area contributed by atoms with Gasteiger partial charge in [-0.15, -0.1) is 0 Å². The highest BCUT2D eigenvalue weighted by molar-refractivity contribution is 5.28. The second-order valence-corrected chi connectivity index (χ2v) is 12.8. The first-order valence-corrected chi connectivity index (χ1v) is 16.4. The Kier molecular flexibility index (Phi) is 12.4. The molecule has 0 bridgehead atoms. The van der Waals surface area contributed by atoms with Gasteiger partial charge in [0.1, 0.15) is 5.82 Å². The van der Waals surface area contributed by atoms with Gasteiger partial charge in [-0.2, -0.15) is 8.78 Å². The van der Waals surface area contributed by atoms with Gasteiger partial charge in [0, 0.05) is 5.56 Å². The lowest BCUT2D eigenvalue weighted by Crippen LogP contribution is -2.24. The van der Waals surface area contributed by atoms with Crippen LogP contribution >= 0.6 is 0 Å². The monoisotopic (exact) mass is 568 g/mol. The topological polar surface area (TPSA) is 9.23 Å². The molecule has 0 amide bonds. The molecule has 2 fully saturated rings. The van der Waals surface area contributed by atoms with E-state index in [1.807, 2.05) is 37.3 Å². The first kappa shape index (κ1) is 31.9. The van der Waals surface area contributed by atoms with Crippen LogP contribution in [0.2, 0.25) is 0 Å². The minimum atomic E-state index is -3.35. The molecule has 226 valence electrons. The lowest BCUT2D eigenvalue weighted by molar-refractivity contribution is -0.244. The maximum absolute atomic E-state index is 14.8. The van der Waals surface area contributed by atoms with Gasteiger partial charge in [0.2, 0.25) is 0 Å². The fraction of sp³-hybridized carbons (Fsp3) is 0.622. The van der Waals surface area contributed by atoms with E-state index in [0.29, 0.717) is 23.3 Å². The standard InChI is InChI=1S/C37H51F3O/c1-3-5-6-7-8-10-29-13-17-31(18-14-29)32-21-15-30(16-22-32)26-37(39,40)41-27-35-24-23-34(25-36(35)38)33-19-11-28(9-4-2)12-20-33/h4,9,15-16,21-25,28-29,31,33H,3,5-8,10-14,17-20,26-27H2,1-2H3/b9-4+. The summed E-state index contributed by atoms with van der Waals surface area (Å²) in [5.74, 6) is 1.88. The van der Waals surface area contributed by atoms with Crippen molar-refractivity contribution in [2.75, 3.05) is 0 Å². The highest BCUT2D eigenvalue weighted by Crippen LogP contribution is 2.39. The molecule has 0 N–H and O–H groups in total. The van der Waals surface area contributed by atoms with Gasteiger partial charge >= 0.3 is 6.11 Å². The van der Waals surface area contributed by atoms with Gasteiger partial charge in [-0.1, -0.05) is 94.0 Å². The molecule has 2 aromatic carbocycles. The van der Waals surface area contributed by atoms with Crippen LogP contribution in [0.15, 0.2) is 54.6 Å². The van der Waals surface area contributed by atoms with Crippen molar-refractivity contribution in [2.24, 2.45) is 11.8 Å². The van der Waals surface area contributed by atoms with Crippen LogP contribution in [0.1, 0.15) is 138 Å². The molecule has 4 heteroatoms. The fourth-order valence-electron chi connectivity index (χ4n) is 7.05. The van der Waals surface area contributed by atoms with E-state index in [1.54, 1.807) is 6.07 Å². The SMILES string of the molecule is C/C=C/C1CCC(c2ccc(COC(F)(F)Cc3ccc(C4CCC(CCCCCCC)CC4)cc3)c(F)c2)CC1. The highest BCUT2D eigenvalue weighted by atomic mass is 19.3. The molecule has 4 rings (SSSR count). The molecule has 0 aromatic heterocycles. The summed E-state index contributed by atoms with van der Waals surface area (Å²) in [6.45, 7) is 3.87. The first-order valence-electron chi connectivity index (χ1n) is 16.4. The molecule has 0 atom stereocenters. The van der Waals surface area contributed by atoms with E-state index in [9.17, 15) is 13.2 Å². The Morgan fingerprint density at radius 2 is 1.44 bits per heavy atom. The Hall–Kier alpha value is -2.07. The average molecular weight is 569 g/mol. The Balaban J connectivity index is 1.21. The third kappa shape index (κ3) is 10.0.